The molecule has 0 aromatic rings. The molecule has 124 valence electrons. The average Bonchev–Trinajstić information content (AvgIpc) is 2.42. The second-order valence-electron chi connectivity index (χ2n) is 5.22. The van der Waals surface area contributed by atoms with Gasteiger partial charge in [0.15, 0.2) is 0 Å². The van der Waals surface area contributed by atoms with Gasteiger partial charge in [-0.05, 0) is 6.42 Å². The molecular formula is C13H27N3O4S. The number of carbonyl (C=O) groups is 1. The van der Waals surface area contributed by atoms with Crippen LogP contribution in [0.25, 0.3) is 0 Å². The number of morpholine rings is 1. The number of hydrogen-bond donors (Lipinski definition) is 1. The second-order valence-corrected chi connectivity index (χ2v) is 7.20. The molecule has 0 bridgehead atoms. The highest BCUT2D eigenvalue weighted by Crippen LogP contribution is 2.01. The third-order valence-electron chi connectivity index (χ3n) is 3.40. The van der Waals surface area contributed by atoms with Crippen LogP contribution in [-0.2, 0) is 19.6 Å². The Balaban J connectivity index is 2.35. The van der Waals surface area contributed by atoms with E-state index in [2.05, 4.69) is 10.2 Å². The van der Waals surface area contributed by atoms with E-state index in [-0.39, 0.29) is 5.91 Å². The molecule has 1 fully saturated rings. The van der Waals surface area contributed by atoms with Gasteiger partial charge in [0.05, 0.1) is 19.5 Å². The predicted molar refractivity (Wildman–Crippen MR) is 81.6 cm³/mol. The quantitative estimate of drug-likeness (QED) is 0.619. The number of nitrogens with zero attached hydrogens (tertiary/aromatic N) is 2. The van der Waals surface area contributed by atoms with Gasteiger partial charge in [-0.3, -0.25) is 9.69 Å². The van der Waals surface area contributed by atoms with Crippen LogP contribution in [0.3, 0.4) is 0 Å². The highest BCUT2D eigenvalue weighted by molar-refractivity contribution is 7.88. The van der Waals surface area contributed by atoms with E-state index in [1.807, 2.05) is 6.92 Å². The summed E-state index contributed by atoms with van der Waals surface area (Å²) in [6.45, 7) is 6.83. The SMILES string of the molecule is CCCC(=O)NCCN(CCN1CCOCC1)S(C)(=O)=O. The first-order valence-electron chi connectivity index (χ1n) is 7.45. The van der Waals surface area contributed by atoms with Crippen LogP contribution in [-0.4, -0.2) is 82.3 Å². The minimum absolute atomic E-state index is 0.0286. The first-order valence-corrected chi connectivity index (χ1v) is 9.30. The molecule has 0 spiro atoms. The average molecular weight is 321 g/mol. The number of sulfonamides is 1. The Labute approximate surface area is 127 Å². The highest BCUT2D eigenvalue weighted by Gasteiger charge is 2.18. The molecule has 1 N–H and O–H groups in total. The largest absolute Gasteiger partial charge is 0.379 e. The summed E-state index contributed by atoms with van der Waals surface area (Å²) in [4.78, 5) is 13.6. The Morgan fingerprint density at radius 2 is 1.95 bits per heavy atom. The normalized spacial score (nSPS) is 17.1. The fourth-order valence-corrected chi connectivity index (χ4v) is 2.99. The zero-order valence-electron chi connectivity index (χ0n) is 13.0. The standard InChI is InChI=1S/C13H27N3O4S/c1-3-4-13(17)14-5-6-16(21(2,18)19)8-7-15-9-11-20-12-10-15/h3-12H2,1-2H3,(H,14,17). The van der Waals surface area contributed by atoms with Crippen molar-refractivity contribution in [2.24, 2.45) is 0 Å². The number of carbonyl (C=O) groups excluding carboxylic acids is 1. The van der Waals surface area contributed by atoms with Gasteiger partial charge in [0.2, 0.25) is 15.9 Å². The summed E-state index contributed by atoms with van der Waals surface area (Å²) in [6.07, 6.45) is 2.48. The molecule has 21 heavy (non-hydrogen) atoms. The van der Waals surface area contributed by atoms with Gasteiger partial charge < -0.3 is 10.1 Å². The molecule has 0 aromatic heterocycles. The van der Waals surface area contributed by atoms with Crippen LogP contribution in [0.2, 0.25) is 0 Å². The van der Waals surface area contributed by atoms with Crippen molar-refractivity contribution in [1.82, 2.24) is 14.5 Å². The lowest BCUT2D eigenvalue weighted by Crippen LogP contribution is -2.44. The minimum Gasteiger partial charge on any atom is -0.379 e. The lowest BCUT2D eigenvalue weighted by molar-refractivity contribution is -0.121. The van der Waals surface area contributed by atoms with Crippen LogP contribution >= 0.6 is 0 Å². The number of hydrogen-bond acceptors (Lipinski definition) is 5. The molecule has 1 aliphatic heterocycles. The molecule has 0 saturated carbocycles. The van der Waals surface area contributed by atoms with Crippen LogP contribution < -0.4 is 5.32 Å². The minimum atomic E-state index is -3.25. The predicted octanol–water partition coefficient (Wildman–Crippen LogP) is -0.503. The van der Waals surface area contributed by atoms with Crippen molar-refractivity contribution in [3.8, 4) is 0 Å². The van der Waals surface area contributed by atoms with Crippen molar-refractivity contribution in [2.75, 3.05) is 58.7 Å². The number of nitrogens with one attached hydrogen (secondary N) is 1. The summed E-state index contributed by atoms with van der Waals surface area (Å²) in [5.74, 6) is -0.0286. The Morgan fingerprint density at radius 1 is 1.29 bits per heavy atom. The van der Waals surface area contributed by atoms with E-state index in [1.54, 1.807) is 0 Å². The van der Waals surface area contributed by atoms with Crippen molar-refractivity contribution in [3.05, 3.63) is 0 Å². The van der Waals surface area contributed by atoms with Crippen molar-refractivity contribution in [3.63, 3.8) is 0 Å². The van der Waals surface area contributed by atoms with Gasteiger partial charge in [0.1, 0.15) is 0 Å². The molecule has 0 unspecified atom stereocenters. The van der Waals surface area contributed by atoms with Crippen molar-refractivity contribution >= 4 is 15.9 Å². The lowest BCUT2D eigenvalue weighted by Gasteiger charge is -2.29. The Hall–Kier alpha value is -0.700. The summed E-state index contributed by atoms with van der Waals surface area (Å²) >= 11 is 0. The van der Waals surface area contributed by atoms with Gasteiger partial charge in [-0.2, -0.15) is 4.31 Å². The van der Waals surface area contributed by atoms with E-state index in [0.717, 1.165) is 19.5 Å². The topological polar surface area (TPSA) is 79.0 Å². The van der Waals surface area contributed by atoms with Gasteiger partial charge >= 0.3 is 0 Å². The van der Waals surface area contributed by atoms with E-state index < -0.39 is 10.0 Å². The molecule has 1 aliphatic rings. The van der Waals surface area contributed by atoms with E-state index in [4.69, 9.17) is 4.74 Å². The Bertz CT molecular complexity index is 408. The van der Waals surface area contributed by atoms with Crippen LogP contribution in [0.15, 0.2) is 0 Å². The maximum Gasteiger partial charge on any atom is 0.220 e. The summed E-state index contributed by atoms with van der Waals surface area (Å²) < 4.78 is 30.2. The van der Waals surface area contributed by atoms with E-state index in [1.165, 1.54) is 10.6 Å². The smallest absolute Gasteiger partial charge is 0.220 e. The summed E-state index contributed by atoms with van der Waals surface area (Å²) in [6, 6.07) is 0. The molecule has 1 rings (SSSR count). The van der Waals surface area contributed by atoms with E-state index in [0.29, 0.717) is 45.8 Å². The summed E-state index contributed by atoms with van der Waals surface area (Å²) in [5, 5.41) is 2.75. The first-order chi connectivity index (χ1) is 9.93. The molecular weight excluding hydrogens is 294 g/mol. The van der Waals surface area contributed by atoms with Crippen molar-refractivity contribution in [1.29, 1.82) is 0 Å². The van der Waals surface area contributed by atoms with E-state index in [9.17, 15) is 13.2 Å². The Kier molecular flexibility index (Phi) is 8.16. The highest BCUT2D eigenvalue weighted by atomic mass is 32.2. The molecule has 7 nitrogen and oxygen atoms in total. The van der Waals surface area contributed by atoms with Gasteiger partial charge in [0.25, 0.3) is 0 Å². The Morgan fingerprint density at radius 3 is 2.52 bits per heavy atom. The van der Waals surface area contributed by atoms with Crippen LogP contribution in [0.4, 0.5) is 0 Å². The molecule has 0 aromatic carbocycles. The van der Waals surface area contributed by atoms with Gasteiger partial charge in [-0.25, -0.2) is 8.42 Å². The fourth-order valence-electron chi connectivity index (χ4n) is 2.16. The maximum absolute atomic E-state index is 11.8. The molecule has 1 amide bonds. The van der Waals surface area contributed by atoms with Crippen LogP contribution in [0.5, 0.6) is 0 Å². The third kappa shape index (κ3) is 7.75. The molecule has 1 saturated heterocycles. The van der Waals surface area contributed by atoms with Crippen molar-refractivity contribution in [2.45, 2.75) is 19.8 Å². The van der Waals surface area contributed by atoms with E-state index >= 15 is 0 Å². The zero-order chi connectivity index (χ0) is 15.7. The first kappa shape index (κ1) is 18.3. The maximum atomic E-state index is 11.8. The van der Waals surface area contributed by atoms with Gasteiger partial charge in [-0.15, -0.1) is 0 Å². The number of ether oxygens (including phenoxy) is 1. The van der Waals surface area contributed by atoms with Crippen molar-refractivity contribution < 1.29 is 17.9 Å². The number of rotatable bonds is 9. The molecule has 0 atom stereocenters. The zero-order valence-corrected chi connectivity index (χ0v) is 13.8. The molecule has 1 heterocycles. The monoisotopic (exact) mass is 321 g/mol. The second kappa shape index (κ2) is 9.34. The fraction of sp³-hybridized carbons (Fsp3) is 0.923. The third-order valence-corrected chi connectivity index (χ3v) is 4.70. The van der Waals surface area contributed by atoms with Gasteiger partial charge in [-0.1, -0.05) is 6.92 Å². The van der Waals surface area contributed by atoms with Gasteiger partial charge in [0, 0.05) is 45.7 Å². The van der Waals surface area contributed by atoms with Crippen LogP contribution in [0.1, 0.15) is 19.8 Å². The summed E-state index contributed by atoms with van der Waals surface area (Å²) in [7, 11) is -3.25. The van der Waals surface area contributed by atoms with Crippen LogP contribution in [0, 0.1) is 0 Å². The summed E-state index contributed by atoms with van der Waals surface area (Å²) in [5.41, 5.74) is 0. The number of amides is 1. The molecule has 0 aliphatic carbocycles. The molecule has 0 radical (unpaired) electrons. The lowest BCUT2D eigenvalue weighted by atomic mass is 10.3. The molecule has 8 heteroatoms.